The summed E-state index contributed by atoms with van der Waals surface area (Å²) in [5.41, 5.74) is 1.01. The van der Waals surface area contributed by atoms with Crippen molar-refractivity contribution in [2.75, 3.05) is 0 Å². The van der Waals surface area contributed by atoms with E-state index in [1.54, 1.807) is 13.0 Å². The minimum absolute atomic E-state index is 0.0453. The van der Waals surface area contributed by atoms with Gasteiger partial charge in [0.2, 0.25) is 5.43 Å². The third-order valence-corrected chi connectivity index (χ3v) is 4.56. The molecule has 0 spiro atoms. The molecule has 6 heteroatoms. The standard InChI is InChI=1S/C23H22O6/c1-11(2)5-7-13-19(26)14(8-6-12(3)4)22-18(20(13)27)21(28)17-15(24)9-10-16(25)23(17)29-22/h5-7,9-10,24-27H,1,8H2,2-4H3/b7-5+. The molecule has 0 atom stereocenters. The minimum atomic E-state index is -0.712. The van der Waals surface area contributed by atoms with Gasteiger partial charge in [0.1, 0.15) is 33.6 Å². The summed E-state index contributed by atoms with van der Waals surface area (Å²) in [6, 6.07) is 2.37. The van der Waals surface area contributed by atoms with Crippen molar-refractivity contribution in [3.63, 3.8) is 0 Å². The molecule has 1 aromatic heterocycles. The lowest BCUT2D eigenvalue weighted by molar-refractivity contribution is 0.443. The Labute approximate surface area is 167 Å². The number of phenols is 4. The predicted octanol–water partition coefficient (Wildman–Crippen LogP) is 4.87. The molecule has 3 rings (SSSR count). The van der Waals surface area contributed by atoms with Crippen molar-refractivity contribution in [1.29, 1.82) is 0 Å². The zero-order valence-corrected chi connectivity index (χ0v) is 16.4. The van der Waals surface area contributed by atoms with Crippen LogP contribution in [0.3, 0.4) is 0 Å². The summed E-state index contributed by atoms with van der Waals surface area (Å²) in [5.74, 6) is -1.44. The van der Waals surface area contributed by atoms with Crippen LogP contribution in [-0.2, 0) is 6.42 Å². The Morgan fingerprint density at radius 1 is 1.00 bits per heavy atom. The highest BCUT2D eigenvalue weighted by atomic mass is 16.4. The Morgan fingerprint density at radius 2 is 1.66 bits per heavy atom. The number of phenolic OH excluding ortho intramolecular Hbond substituents is 4. The van der Waals surface area contributed by atoms with E-state index in [2.05, 4.69) is 6.58 Å². The van der Waals surface area contributed by atoms with E-state index < -0.39 is 11.2 Å². The van der Waals surface area contributed by atoms with Crippen LogP contribution in [0.5, 0.6) is 23.0 Å². The van der Waals surface area contributed by atoms with Crippen LogP contribution in [0.4, 0.5) is 0 Å². The van der Waals surface area contributed by atoms with Crippen molar-refractivity contribution >= 4 is 28.0 Å². The Bertz CT molecular complexity index is 1270. The smallest absolute Gasteiger partial charge is 0.208 e. The summed E-state index contributed by atoms with van der Waals surface area (Å²) >= 11 is 0. The van der Waals surface area contributed by atoms with Crippen LogP contribution in [0, 0.1) is 0 Å². The molecule has 1 heterocycles. The average molecular weight is 394 g/mol. The highest BCUT2D eigenvalue weighted by molar-refractivity contribution is 6.01. The molecule has 0 aliphatic rings. The van der Waals surface area contributed by atoms with E-state index in [1.165, 1.54) is 18.2 Å². The normalized spacial score (nSPS) is 11.4. The van der Waals surface area contributed by atoms with Gasteiger partial charge in [-0.15, -0.1) is 0 Å². The molecule has 0 radical (unpaired) electrons. The predicted molar refractivity (Wildman–Crippen MR) is 114 cm³/mol. The van der Waals surface area contributed by atoms with Crippen molar-refractivity contribution in [3.05, 3.63) is 63.4 Å². The van der Waals surface area contributed by atoms with Gasteiger partial charge in [-0.1, -0.05) is 29.9 Å². The molecule has 2 aromatic carbocycles. The van der Waals surface area contributed by atoms with Gasteiger partial charge >= 0.3 is 0 Å². The van der Waals surface area contributed by atoms with Crippen molar-refractivity contribution in [2.24, 2.45) is 0 Å². The van der Waals surface area contributed by atoms with E-state index in [4.69, 9.17) is 4.42 Å². The molecule has 0 saturated heterocycles. The fourth-order valence-electron chi connectivity index (χ4n) is 3.09. The first-order chi connectivity index (χ1) is 13.6. The first kappa shape index (κ1) is 20.1. The van der Waals surface area contributed by atoms with Crippen molar-refractivity contribution < 1.29 is 24.8 Å². The second-order valence-electron chi connectivity index (χ2n) is 7.20. The van der Waals surface area contributed by atoms with Crippen LogP contribution in [0.15, 0.2) is 51.2 Å². The molecule has 0 aliphatic heterocycles. The van der Waals surface area contributed by atoms with Crippen LogP contribution in [0.25, 0.3) is 28.0 Å². The molecule has 0 unspecified atom stereocenters. The SMILES string of the molecule is C=C(C)/C=C/c1c(O)c(CC=C(C)C)c2oc3c(O)ccc(O)c3c(=O)c2c1O. The van der Waals surface area contributed by atoms with E-state index in [1.807, 2.05) is 19.9 Å². The highest BCUT2D eigenvalue weighted by Crippen LogP contribution is 2.42. The molecular formula is C23H22O6. The summed E-state index contributed by atoms with van der Waals surface area (Å²) in [6.45, 7) is 9.27. The molecule has 0 aliphatic carbocycles. The third kappa shape index (κ3) is 3.45. The van der Waals surface area contributed by atoms with E-state index in [9.17, 15) is 25.2 Å². The lowest BCUT2D eigenvalue weighted by Crippen LogP contribution is -2.06. The van der Waals surface area contributed by atoms with Crippen LogP contribution in [0.2, 0.25) is 0 Å². The Balaban J connectivity index is 2.57. The van der Waals surface area contributed by atoms with Gasteiger partial charge in [-0.2, -0.15) is 0 Å². The largest absolute Gasteiger partial charge is 0.507 e. The molecule has 150 valence electrons. The molecule has 6 nitrogen and oxygen atoms in total. The highest BCUT2D eigenvalue weighted by Gasteiger charge is 2.24. The van der Waals surface area contributed by atoms with E-state index >= 15 is 0 Å². The quantitative estimate of drug-likeness (QED) is 0.217. The molecule has 3 aromatic rings. The second kappa shape index (κ2) is 7.39. The lowest BCUT2D eigenvalue weighted by atomic mass is 9.97. The Kier molecular flexibility index (Phi) is 5.12. The summed E-state index contributed by atoms with van der Waals surface area (Å²) in [4.78, 5) is 13.1. The van der Waals surface area contributed by atoms with E-state index in [-0.39, 0.29) is 56.7 Å². The van der Waals surface area contributed by atoms with Gasteiger partial charge in [0.15, 0.2) is 11.3 Å². The Hall–Kier alpha value is -3.67. The van der Waals surface area contributed by atoms with Crippen LogP contribution in [-0.4, -0.2) is 20.4 Å². The van der Waals surface area contributed by atoms with Crippen LogP contribution >= 0.6 is 0 Å². The molecule has 29 heavy (non-hydrogen) atoms. The van der Waals surface area contributed by atoms with E-state index in [0.717, 1.165) is 5.57 Å². The number of rotatable bonds is 4. The van der Waals surface area contributed by atoms with Gasteiger partial charge in [0.25, 0.3) is 0 Å². The van der Waals surface area contributed by atoms with E-state index in [0.29, 0.717) is 5.57 Å². The fraction of sp³-hybridized carbons (Fsp3) is 0.174. The summed E-state index contributed by atoms with van der Waals surface area (Å²) in [5, 5.41) is 41.4. The maximum absolute atomic E-state index is 13.1. The number of hydrogen-bond donors (Lipinski definition) is 4. The second-order valence-corrected chi connectivity index (χ2v) is 7.20. The van der Waals surface area contributed by atoms with Crippen molar-refractivity contribution in [2.45, 2.75) is 27.2 Å². The van der Waals surface area contributed by atoms with Gasteiger partial charge in [0.05, 0.1) is 5.56 Å². The van der Waals surface area contributed by atoms with Gasteiger partial charge in [0, 0.05) is 5.56 Å². The maximum Gasteiger partial charge on any atom is 0.208 e. The van der Waals surface area contributed by atoms with Crippen molar-refractivity contribution in [1.82, 2.24) is 0 Å². The van der Waals surface area contributed by atoms with Crippen LogP contribution < -0.4 is 5.43 Å². The minimum Gasteiger partial charge on any atom is -0.507 e. The molecular weight excluding hydrogens is 372 g/mol. The van der Waals surface area contributed by atoms with Gasteiger partial charge in [-0.05, 0) is 45.4 Å². The average Bonchev–Trinajstić information content (AvgIpc) is 2.63. The Morgan fingerprint density at radius 3 is 2.28 bits per heavy atom. The number of aromatic hydroxyl groups is 4. The first-order valence-electron chi connectivity index (χ1n) is 8.98. The van der Waals surface area contributed by atoms with Gasteiger partial charge < -0.3 is 24.8 Å². The third-order valence-electron chi connectivity index (χ3n) is 4.56. The summed E-state index contributed by atoms with van der Waals surface area (Å²) < 4.78 is 5.74. The number of fused-ring (bicyclic) bond motifs is 2. The first-order valence-corrected chi connectivity index (χ1v) is 8.98. The lowest BCUT2D eigenvalue weighted by Gasteiger charge is -2.14. The fourth-order valence-corrected chi connectivity index (χ4v) is 3.09. The van der Waals surface area contributed by atoms with Crippen molar-refractivity contribution in [3.8, 4) is 23.0 Å². The molecule has 4 N–H and O–H groups in total. The number of allylic oxidation sites excluding steroid dienone is 4. The molecule has 0 amide bonds. The topological polar surface area (TPSA) is 111 Å². The van der Waals surface area contributed by atoms with Crippen LogP contribution in [0.1, 0.15) is 31.9 Å². The molecule has 0 bridgehead atoms. The zero-order chi connectivity index (χ0) is 21.5. The van der Waals surface area contributed by atoms with Gasteiger partial charge in [-0.25, -0.2) is 0 Å². The maximum atomic E-state index is 13.1. The summed E-state index contributed by atoms with van der Waals surface area (Å²) in [7, 11) is 0. The van der Waals surface area contributed by atoms with Gasteiger partial charge in [-0.3, -0.25) is 4.79 Å². The zero-order valence-electron chi connectivity index (χ0n) is 16.4. The number of benzene rings is 2. The molecule has 0 fully saturated rings. The number of hydrogen-bond acceptors (Lipinski definition) is 6. The monoisotopic (exact) mass is 394 g/mol. The summed E-state index contributed by atoms with van der Waals surface area (Å²) in [6.07, 6.45) is 5.12. The molecule has 0 saturated carbocycles.